The summed E-state index contributed by atoms with van der Waals surface area (Å²) in [5.41, 5.74) is 1.87. The molecule has 0 radical (unpaired) electrons. The number of nitrogens with one attached hydrogen (secondary N) is 1. The number of halogens is 1. The number of rotatable bonds is 4. The first-order chi connectivity index (χ1) is 8.20. The van der Waals surface area contributed by atoms with Crippen molar-refractivity contribution in [2.45, 2.75) is 32.7 Å². The summed E-state index contributed by atoms with van der Waals surface area (Å²) in [6, 6.07) is 5.97. The van der Waals surface area contributed by atoms with Gasteiger partial charge in [0.2, 0.25) is 0 Å². The molecule has 1 atom stereocenters. The summed E-state index contributed by atoms with van der Waals surface area (Å²) in [5.74, 6) is -0.117. The lowest BCUT2D eigenvalue weighted by Crippen LogP contribution is -2.32. The number of hydrogen-bond donors (Lipinski definition) is 1. The Labute approximate surface area is 103 Å². The normalized spacial score (nSPS) is 19.9. The molecule has 1 aliphatic heterocycles. The molecule has 2 rings (SSSR count). The zero-order valence-corrected chi connectivity index (χ0v) is 10.7. The van der Waals surface area contributed by atoms with Crippen molar-refractivity contribution in [3.05, 3.63) is 29.6 Å². The van der Waals surface area contributed by atoms with E-state index >= 15 is 0 Å². The summed E-state index contributed by atoms with van der Waals surface area (Å²) in [6.45, 7) is 7.18. The third-order valence-electron chi connectivity index (χ3n) is 3.38. The molecule has 2 nitrogen and oxygen atoms in total. The molecular formula is C14H21FN2. The van der Waals surface area contributed by atoms with Gasteiger partial charge in [-0.15, -0.1) is 0 Å². The van der Waals surface area contributed by atoms with E-state index in [1.807, 2.05) is 19.1 Å². The topological polar surface area (TPSA) is 15.3 Å². The Bertz CT molecular complexity index is 378. The van der Waals surface area contributed by atoms with Gasteiger partial charge in [-0.2, -0.15) is 0 Å². The maximum Gasteiger partial charge on any atom is 0.126 e. The molecule has 1 saturated heterocycles. The van der Waals surface area contributed by atoms with Gasteiger partial charge in [-0.3, -0.25) is 0 Å². The number of anilines is 1. The standard InChI is InChI=1S/C14H21FN2/c1-3-7-16-12-6-8-17(10-12)13-4-5-14(15)11(2)9-13/h4-5,9,12,16H,3,6-8,10H2,1-2H3. The molecule has 0 saturated carbocycles. The van der Waals surface area contributed by atoms with Crippen molar-refractivity contribution in [3.8, 4) is 0 Å². The fourth-order valence-electron chi connectivity index (χ4n) is 2.34. The predicted octanol–water partition coefficient (Wildman–Crippen LogP) is 2.71. The van der Waals surface area contributed by atoms with E-state index in [-0.39, 0.29) is 5.82 Å². The second kappa shape index (κ2) is 5.50. The van der Waals surface area contributed by atoms with Crippen LogP contribution in [0.4, 0.5) is 10.1 Å². The van der Waals surface area contributed by atoms with Crippen molar-refractivity contribution >= 4 is 5.69 Å². The fourth-order valence-corrected chi connectivity index (χ4v) is 2.34. The SMILES string of the molecule is CCCNC1CCN(c2ccc(F)c(C)c2)C1. The van der Waals surface area contributed by atoms with Crippen LogP contribution in [0.15, 0.2) is 18.2 Å². The van der Waals surface area contributed by atoms with E-state index in [4.69, 9.17) is 0 Å². The largest absolute Gasteiger partial charge is 0.370 e. The van der Waals surface area contributed by atoms with E-state index in [2.05, 4.69) is 17.1 Å². The molecule has 1 fully saturated rings. The molecule has 0 aromatic heterocycles. The quantitative estimate of drug-likeness (QED) is 0.864. The lowest BCUT2D eigenvalue weighted by Gasteiger charge is -2.19. The minimum Gasteiger partial charge on any atom is -0.370 e. The molecule has 0 aliphatic carbocycles. The second-order valence-corrected chi connectivity index (χ2v) is 4.82. The first-order valence-electron chi connectivity index (χ1n) is 6.45. The number of hydrogen-bond acceptors (Lipinski definition) is 2. The molecule has 1 unspecified atom stereocenters. The van der Waals surface area contributed by atoms with Gasteiger partial charge in [0.05, 0.1) is 0 Å². The Hall–Kier alpha value is -1.09. The number of nitrogens with zero attached hydrogens (tertiary/aromatic N) is 1. The average molecular weight is 236 g/mol. The van der Waals surface area contributed by atoms with E-state index in [0.717, 1.165) is 30.9 Å². The highest BCUT2D eigenvalue weighted by Crippen LogP contribution is 2.22. The Balaban J connectivity index is 1.97. The van der Waals surface area contributed by atoms with Crippen LogP contribution in [0, 0.1) is 12.7 Å². The van der Waals surface area contributed by atoms with Crippen molar-refractivity contribution in [2.75, 3.05) is 24.5 Å². The van der Waals surface area contributed by atoms with Crippen LogP contribution in [0.3, 0.4) is 0 Å². The Kier molecular flexibility index (Phi) is 4.00. The molecule has 1 aromatic rings. The second-order valence-electron chi connectivity index (χ2n) is 4.82. The van der Waals surface area contributed by atoms with E-state index in [0.29, 0.717) is 6.04 Å². The number of aryl methyl sites for hydroxylation is 1. The third kappa shape index (κ3) is 2.97. The molecule has 0 amide bonds. The summed E-state index contributed by atoms with van der Waals surface area (Å²) >= 11 is 0. The lowest BCUT2D eigenvalue weighted by molar-refractivity contribution is 0.549. The minimum absolute atomic E-state index is 0.117. The molecule has 1 aromatic carbocycles. The maximum absolute atomic E-state index is 13.2. The van der Waals surface area contributed by atoms with E-state index in [9.17, 15) is 4.39 Å². The van der Waals surface area contributed by atoms with Gasteiger partial charge < -0.3 is 10.2 Å². The molecule has 0 spiro atoms. The zero-order valence-electron chi connectivity index (χ0n) is 10.7. The van der Waals surface area contributed by atoms with Crippen LogP contribution in [0.5, 0.6) is 0 Å². The molecule has 1 heterocycles. The van der Waals surface area contributed by atoms with Crippen molar-refractivity contribution in [1.29, 1.82) is 0 Å². The molecular weight excluding hydrogens is 215 g/mol. The van der Waals surface area contributed by atoms with Crippen LogP contribution >= 0.6 is 0 Å². The van der Waals surface area contributed by atoms with E-state index in [1.54, 1.807) is 6.07 Å². The summed E-state index contributed by atoms with van der Waals surface area (Å²) in [7, 11) is 0. The van der Waals surface area contributed by atoms with Crippen molar-refractivity contribution in [1.82, 2.24) is 5.32 Å². The molecule has 17 heavy (non-hydrogen) atoms. The summed E-state index contributed by atoms with van der Waals surface area (Å²) in [4.78, 5) is 2.33. The molecule has 1 aliphatic rings. The van der Waals surface area contributed by atoms with Crippen LogP contribution in [-0.4, -0.2) is 25.7 Å². The van der Waals surface area contributed by atoms with Crippen molar-refractivity contribution < 1.29 is 4.39 Å². The fraction of sp³-hybridized carbons (Fsp3) is 0.571. The summed E-state index contributed by atoms with van der Waals surface area (Å²) < 4.78 is 13.2. The molecule has 94 valence electrons. The van der Waals surface area contributed by atoms with Crippen LogP contribution in [-0.2, 0) is 0 Å². The Morgan fingerprint density at radius 3 is 3.00 bits per heavy atom. The van der Waals surface area contributed by atoms with Crippen LogP contribution < -0.4 is 10.2 Å². The smallest absolute Gasteiger partial charge is 0.126 e. The monoisotopic (exact) mass is 236 g/mol. The zero-order chi connectivity index (χ0) is 12.3. The van der Waals surface area contributed by atoms with Gasteiger partial charge in [0, 0.05) is 24.8 Å². The Morgan fingerprint density at radius 1 is 1.47 bits per heavy atom. The van der Waals surface area contributed by atoms with E-state index in [1.165, 1.54) is 12.8 Å². The lowest BCUT2D eigenvalue weighted by atomic mass is 10.2. The van der Waals surface area contributed by atoms with Gasteiger partial charge in [-0.25, -0.2) is 4.39 Å². The Morgan fingerprint density at radius 2 is 2.29 bits per heavy atom. The summed E-state index contributed by atoms with van der Waals surface area (Å²) in [5, 5.41) is 3.54. The first kappa shape index (κ1) is 12.4. The third-order valence-corrected chi connectivity index (χ3v) is 3.38. The van der Waals surface area contributed by atoms with Gasteiger partial charge in [0.25, 0.3) is 0 Å². The van der Waals surface area contributed by atoms with Gasteiger partial charge >= 0.3 is 0 Å². The van der Waals surface area contributed by atoms with Crippen LogP contribution in [0.25, 0.3) is 0 Å². The highest BCUT2D eigenvalue weighted by atomic mass is 19.1. The van der Waals surface area contributed by atoms with Crippen LogP contribution in [0.1, 0.15) is 25.3 Å². The maximum atomic E-state index is 13.2. The molecule has 1 N–H and O–H groups in total. The van der Waals surface area contributed by atoms with Gasteiger partial charge in [-0.1, -0.05) is 6.92 Å². The average Bonchev–Trinajstić information content (AvgIpc) is 2.79. The first-order valence-corrected chi connectivity index (χ1v) is 6.45. The van der Waals surface area contributed by atoms with Gasteiger partial charge in [0.15, 0.2) is 0 Å². The highest BCUT2D eigenvalue weighted by Gasteiger charge is 2.22. The highest BCUT2D eigenvalue weighted by molar-refractivity contribution is 5.49. The van der Waals surface area contributed by atoms with E-state index < -0.39 is 0 Å². The van der Waals surface area contributed by atoms with Crippen LogP contribution in [0.2, 0.25) is 0 Å². The van der Waals surface area contributed by atoms with Crippen molar-refractivity contribution in [3.63, 3.8) is 0 Å². The molecule has 0 bridgehead atoms. The minimum atomic E-state index is -0.117. The number of benzene rings is 1. The summed E-state index contributed by atoms with van der Waals surface area (Å²) in [6.07, 6.45) is 2.35. The predicted molar refractivity (Wildman–Crippen MR) is 70.0 cm³/mol. The van der Waals surface area contributed by atoms with Gasteiger partial charge in [-0.05, 0) is 50.1 Å². The molecule has 3 heteroatoms. The van der Waals surface area contributed by atoms with Crippen molar-refractivity contribution in [2.24, 2.45) is 0 Å². The van der Waals surface area contributed by atoms with Gasteiger partial charge in [0.1, 0.15) is 5.82 Å².